The number of benzene rings is 1. The maximum absolute atomic E-state index is 9.23. The van der Waals surface area contributed by atoms with Crippen molar-refractivity contribution in [1.82, 2.24) is 4.90 Å². The Morgan fingerprint density at radius 1 is 1.25 bits per heavy atom. The van der Waals surface area contributed by atoms with Crippen LogP contribution in [0.5, 0.6) is 0 Å². The third-order valence-electron chi connectivity index (χ3n) is 3.67. The fourth-order valence-corrected chi connectivity index (χ4v) is 2.74. The van der Waals surface area contributed by atoms with Crippen LogP contribution in [0.3, 0.4) is 0 Å². The number of nitrogens with zero attached hydrogens (tertiary/aromatic N) is 2. The predicted molar refractivity (Wildman–Crippen MR) is 83.4 cm³/mol. The second-order valence-corrected chi connectivity index (χ2v) is 5.43. The fourth-order valence-electron chi connectivity index (χ4n) is 2.74. The van der Waals surface area contributed by atoms with Gasteiger partial charge in [0.05, 0.1) is 5.71 Å². The van der Waals surface area contributed by atoms with Crippen LogP contribution in [0.1, 0.15) is 31.7 Å². The lowest BCUT2D eigenvalue weighted by Gasteiger charge is -2.27. The number of oxime groups is 1. The second-order valence-electron chi connectivity index (χ2n) is 5.43. The molecule has 1 heterocycles. The zero-order chi connectivity index (χ0) is 14.2. The first-order valence-corrected chi connectivity index (χ1v) is 7.45. The van der Waals surface area contributed by atoms with Crippen molar-refractivity contribution in [2.24, 2.45) is 5.16 Å². The molecule has 1 aromatic carbocycles. The van der Waals surface area contributed by atoms with Crippen molar-refractivity contribution in [3.05, 3.63) is 47.5 Å². The summed E-state index contributed by atoms with van der Waals surface area (Å²) < 4.78 is 0. The molecule has 0 saturated carbocycles. The average Bonchev–Trinajstić information content (AvgIpc) is 2.48. The first kappa shape index (κ1) is 14.8. The Balaban J connectivity index is 1.92. The quantitative estimate of drug-likeness (QED) is 0.372. The van der Waals surface area contributed by atoms with E-state index in [0.29, 0.717) is 0 Å². The molecule has 0 saturated heterocycles. The Labute approximate surface area is 121 Å². The van der Waals surface area contributed by atoms with E-state index in [4.69, 9.17) is 0 Å². The molecule has 1 aliphatic rings. The summed E-state index contributed by atoms with van der Waals surface area (Å²) in [5.74, 6) is 0. The van der Waals surface area contributed by atoms with Crippen LogP contribution in [0, 0.1) is 0 Å². The van der Waals surface area contributed by atoms with Gasteiger partial charge < -0.3 is 5.21 Å². The van der Waals surface area contributed by atoms with E-state index in [9.17, 15) is 5.21 Å². The van der Waals surface area contributed by atoms with Gasteiger partial charge in [0.2, 0.25) is 0 Å². The predicted octanol–water partition coefficient (Wildman–Crippen LogP) is 3.49. The fraction of sp³-hybridized carbons (Fsp3) is 0.471. The minimum absolute atomic E-state index is 0.725. The highest BCUT2D eigenvalue weighted by Crippen LogP contribution is 2.15. The van der Waals surface area contributed by atoms with Gasteiger partial charge >= 0.3 is 0 Å². The molecular formula is C17H24N2O. The Kier molecular flexibility index (Phi) is 5.81. The summed E-state index contributed by atoms with van der Waals surface area (Å²) in [7, 11) is 0. The van der Waals surface area contributed by atoms with E-state index in [0.717, 1.165) is 44.6 Å². The maximum Gasteiger partial charge on any atom is 0.0655 e. The lowest BCUT2D eigenvalue weighted by atomic mass is 9.99. The Morgan fingerprint density at radius 2 is 2.05 bits per heavy atom. The summed E-state index contributed by atoms with van der Waals surface area (Å²) in [6.45, 7) is 5.54. The molecule has 0 unspecified atom stereocenters. The summed E-state index contributed by atoms with van der Waals surface area (Å²) >= 11 is 0. The minimum atomic E-state index is 0.725. The maximum atomic E-state index is 9.23. The van der Waals surface area contributed by atoms with Crippen molar-refractivity contribution in [1.29, 1.82) is 0 Å². The van der Waals surface area contributed by atoms with E-state index < -0.39 is 0 Å². The molecule has 0 amide bonds. The molecule has 2 rings (SSSR count). The first-order chi connectivity index (χ1) is 9.81. The van der Waals surface area contributed by atoms with Gasteiger partial charge in [0.1, 0.15) is 0 Å². The van der Waals surface area contributed by atoms with E-state index in [1.165, 1.54) is 17.6 Å². The van der Waals surface area contributed by atoms with Crippen LogP contribution < -0.4 is 0 Å². The standard InChI is InChI=1S/C17H24N2O/c1-2-10-19-11-6-9-16(14-19)13-17(18-20)12-15-7-4-3-5-8-15/h3-5,7-9,20H,2,6,10-14H2,1H3/b18-17+. The van der Waals surface area contributed by atoms with Crippen LogP contribution in [0.25, 0.3) is 0 Å². The molecule has 0 aliphatic carbocycles. The second kappa shape index (κ2) is 7.85. The van der Waals surface area contributed by atoms with Crippen molar-refractivity contribution in [2.75, 3.05) is 19.6 Å². The topological polar surface area (TPSA) is 35.8 Å². The Bertz CT molecular complexity index is 465. The largest absolute Gasteiger partial charge is 0.411 e. The van der Waals surface area contributed by atoms with Crippen molar-refractivity contribution in [3.63, 3.8) is 0 Å². The number of hydrogen-bond acceptors (Lipinski definition) is 3. The molecule has 108 valence electrons. The first-order valence-electron chi connectivity index (χ1n) is 7.45. The third kappa shape index (κ3) is 4.49. The van der Waals surface area contributed by atoms with Gasteiger partial charge in [-0.2, -0.15) is 0 Å². The molecule has 0 radical (unpaired) electrons. The Morgan fingerprint density at radius 3 is 2.75 bits per heavy atom. The van der Waals surface area contributed by atoms with Gasteiger partial charge in [0.15, 0.2) is 0 Å². The van der Waals surface area contributed by atoms with Crippen molar-refractivity contribution in [3.8, 4) is 0 Å². The summed E-state index contributed by atoms with van der Waals surface area (Å²) in [6.07, 6.45) is 6.12. The van der Waals surface area contributed by atoms with Gasteiger partial charge in [-0.25, -0.2) is 0 Å². The Hall–Kier alpha value is -1.61. The van der Waals surface area contributed by atoms with Gasteiger partial charge in [0.25, 0.3) is 0 Å². The van der Waals surface area contributed by atoms with E-state index in [-0.39, 0.29) is 0 Å². The molecule has 3 nitrogen and oxygen atoms in total. The summed E-state index contributed by atoms with van der Waals surface area (Å²) in [4.78, 5) is 2.48. The molecule has 0 spiro atoms. The molecule has 1 aliphatic heterocycles. The highest BCUT2D eigenvalue weighted by Gasteiger charge is 2.14. The molecule has 20 heavy (non-hydrogen) atoms. The van der Waals surface area contributed by atoms with Crippen LogP contribution in [0.15, 0.2) is 47.1 Å². The van der Waals surface area contributed by atoms with Crippen LogP contribution in [-0.2, 0) is 6.42 Å². The van der Waals surface area contributed by atoms with Crippen LogP contribution in [-0.4, -0.2) is 35.5 Å². The van der Waals surface area contributed by atoms with Crippen LogP contribution in [0.2, 0.25) is 0 Å². The van der Waals surface area contributed by atoms with Gasteiger partial charge in [-0.1, -0.05) is 54.1 Å². The molecule has 0 aromatic heterocycles. The van der Waals surface area contributed by atoms with Crippen molar-refractivity contribution >= 4 is 5.71 Å². The number of rotatable bonds is 6. The van der Waals surface area contributed by atoms with Crippen LogP contribution >= 0.6 is 0 Å². The monoisotopic (exact) mass is 272 g/mol. The van der Waals surface area contributed by atoms with Crippen LogP contribution in [0.4, 0.5) is 0 Å². The average molecular weight is 272 g/mol. The zero-order valence-corrected chi connectivity index (χ0v) is 12.3. The summed E-state index contributed by atoms with van der Waals surface area (Å²) in [5, 5.41) is 12.7. The molecule has 0 fully saturated rings. The zero-order valence-electron chi connectivity index (χ0n) is 12.3. The molecule has 3 heteroatoms. The summed E-state index contributed by atoms with van der Waals surface area (Å²) in [6, 6.07) is 10.2. The molecular weight excluding hydrogens is 248 g/mol. The third-order valence-corrected chi connectivity index (χ3v) is 3.67. The van der Waals surface area contributed by atoms with Crippen molar-refractivity contribution in [2.45, 2.75) is 32.6 Å². The van der Waals surface area contributed by atoms with Gasteiger partial charge in [-0.05, 0) is 24.9 Å². The normalized spacial score (nSPS) is 17.1. The molecule has 0 bridgehead atoms. The van der Waals surface area contributed by atoms with E-state index in [2.05, 4.69) is 35.2 Å². The van der Waals surface area contributed by atoms with Crippen molar-refractivity contribution < 1.29 is 5.21 Å². The highest BCUT2D eigenvalue weighted by molar-refractivity contribution is 5.88. The SMILES string of the molecule is CCCN1CCC=C(C/C(Cc2ccccc2)=N/O)C1. The molecule has 1 N–H and O–H groups in total. The van der Waals surface area contributed by atoms with Gasteiger partial charge in [-0.15, -0.1) is 0 Å². The minimum Gasteiger partial charge on any atom is -0.411 e. The lowest BCUT2D eigenvalue weighted by Crippen LogP contribution is -2.31. The van der Waals surface area contributed by atoms with Gasteiger partial charge in [0, 0.05) is 25.9 Å². The van der Waals surface area contributed by atoms with E-state index in [1.807, 2.05) is 18.2 Å². The summed E-state index contributed by atoms with van der Waals surface area (Å²) in [5.41, 5.74) is 3.43. The van der Waals surface area contributed by atoms with Gasteiger partial charge in [-0.3, -0.25) is 4.90 Å². The van der Waals surface area contributed by atoms with E-state index in [1.54, 1.807) is 0 Å². The molecule has 1 aromatic rings. The smallest absolute Gasteiger partial charge is 0.0655 e. The number of hydrogen-bond donors (Lipinski definition) is 1. The highest BCUT2D eigenvalue weighted by atomic mass is 16.4. The van der Waals surface area contributed by atoms with E-state index >= 15 is 0 Å². The lowest BCUT2D eigenvalue weighted by molar-refractivity contribution is 0.288. The molecule has 0 atom stereocenters.